The van der Waals surface area contributed by atoms with Gasteiger partial charge in [-0.1, -0.05) is 19.9 Å². The molecule has 20 heavy (non-hydrogen) atoms. The molecule has 2 rings (SSSR count). The standard InChI is InChI=1S/C17H28N2O/c1-3-11-18-12-15-5-4-6-16(19-15)13-20-17-9-7-14(2)8-10-17/h4-6,14,17-18H,3,7-13H2,1-2H3. The minimum Gasteiger partial charge on any atom is -0.372 e. The molecule has 0 unspecified atom stereocenters. The van der Waals surface area contributed by atoms with Crippen LogP contribution in [0.4, 0.5) is 0 Å². The molecule has 0 atom stereocenters. The average Bonchev–Trinajstić information content (AvgIpc) is 2.47. The van der Waals surface area contributed by atoms with E-state index in [1.54, 1.807) is 0 Å². The summed E-state index contributed by atoms with van der Waals surface area (Å²) in [5.74, 6) is 0.876. The van der Waals surface area contributed by atoms with Crippen LogP contribution in [-0.2, 0) is 17.9 Å². The van der Waals surface area contributed by atoms with E-state index in [4.69, 9.17) is 4.74 Å². The summed E-state index contributed by atoms with van der Waals surface area (Å²) in [5, 5.41) is 3.39. The summed E-state index contributed by atoms with van der Waals surface area (Å²) >= 11 is 0. The molecule has 3 nitrogen and oxygen atoms in total. The van der Waals surface area contributed by atoms with Crippen molar-refractivity contribution in [1.29, 1.82) is 0 Å². The fraction of sp³-hybridized carbons (Fsp3) is 0.706. The predicted octanol–water partition coefficient (Wildman–Crippen LogP) is 3.68. The summed E-state index contributed by atoms with van der Waals surface area (Å²) in [6.07, 6.45) is 6.62. The molecule has 1 heterocycles. The zero-order valence-corrected chi connectivity index (χ0v) is 12.9. The Hall–Kier alpha value is -0.930. The molecule has 0 aliphatic heterocycles. The van der Waals surface area contributed by atoms with Gasteiger partial charge in [0.05, 0.1) is 24.1 Å². The highest BCUT2D eigenvalue weighted by molar-refractivity contribution is 5.10. The van der Waals surface area contributed by atoms with Gasteiger partial charge in [0.25, 0.3) is 0 Å². The maximum absolute atomic E-state index is 6.02. The number of aromatic nitrogens is 1. The van der Waals surface area contributed by atoms with E-state index in [-0.39, 0.29) is 0 Å². The van der Waals surface area contributed by atoms with Crippen LogP contribution in [0.2, 0.25) is 0 Å². The molecule has 0 saturated heterocycles. The Kier molecular flexibility index (Phi) is 6.48. The van der Waals surface area contributed by atoms with Crippen molar-refractivity contribution in [3.05, 3.63) is 29.6 Å². The van der Waals surface area contributed by atoms with Crippen LogP contribution in [0, 0.1) is 5.92 Å². The number of hydrogen-bond donors (Lipinski definition) is 1. The molecule has 0 radical (unpaired) electrons. The van der Waals surface area contributed by atoms with Gasteiger partial charge in [-0.2, -0.15) is 0 Å². The SMILES string of the molecule is CCCNCc1cccc(COC2CCC(C)CC2)n1. The molecule has 1 aliphatic carbocycles. The summed E-state index contributed by atoms with van der Waals surface area (Å²) in [6, 6.07) is 6.22. The summed E-state index contributed by atoms with van der Waals surface area (Å²) in [7, 11) is 0. The predicted molar refractivity (Wildman–Crippen MR) is 82.4 cm³/mol. The third-order valence-electron chi connectivity index (χ3n) is 4.03. The van der Waals surface area contributed by atoms with Crippen LogP contribution in [0.5, 0.6) is 0 Å². The van der Waals surface area contributed by atoms with E-state index in [1.807, 2.05) is 0 Å². The van der Waals surface area contributed by atoms with Crippen LogP contribution < -0.4 is 5.32 Å². The van der Waals surface area contributed by atoms with Crippen LogP contribution in [-0.4, -0.2) is 17.6 Å². The van der Waals surface area contributed by atoms with Crippen molar-refractivity contribution in [3.8, 4) is 0 Å². The molecule has 1 saturated carbocycles. The molecule has 0 spiro atoms. The van der Waals surface area contributed by atoms with Crippen molar-refractivity contribution in [3.63, 3.8) is 0 Å². The highest BCUT2D eigenvalue weighted by Crippen LogP contribution is 2.26. The Morgan fingerprint density at radius 1 is 1.20 bits per heavy atom. The topological polar surface area (TPSA) is 34.1 Å². The smallest absolute Gasteiger partial charge is 0.0891 e. The van der Waals surface area contributed by atoms with Gasteiger partial charge in [0, 0.05) is 6.54 Å². The first-order chi connectivity index (χ1) is 9.78. The number of rotatable bonds is 7. The Labute approximate surface area is 123 Å². The van der Waals surface area contributed by atoms with E-state index in [0.29, 0.717) is 12.7 Å². The van der Waals surface area contributed by atoms with Crippen molar-refractivity contribution < 1.29 is 4.74 Å². The number of nitrogens with zero attached hydrogens (tertiary/aromatic N) is 1. The minimum absolute atomic E-state index is 0.440. The number of ether oxygens (including phenoxy) is 1. The minimum atomic E-state index is 0.440. The molecule has 1 aromatic rings. The molecule has 1 aromatic heterocycles. The molecule has 1 N–H and O–H groups in total. The Balaban J connectivity index is 1.76. The van der Waals surface area contributed by atoms with Crippen molar-refractivity contribution in [2.75, 3.05) is 6.54 Å². The van der Waals surface area contributed by atoms with E-state index in [1.165, 1.54) is 25.7 Å². The summed E-state index contributed by atoms with van der Waals surface area (Å²) < 4.78 is 6.02. The molecule has 1 fully saturated rings. The second-order valence-electron chi connectivity index (χ2n) is 5.99. The molecular formula is C17H28N2O. The summed E-state index contributed by atoms with van der Waals surface area (Å²) in [6.45, 7) is 7.06. The van der Waals surface area contributed by atoms with Gasteiger partial charge >= 0.3 is 0 Å². The molecule has 0 bridgehead atoms. The highest BCUT2D eigenvalue weighted by Gasteiger charge is 2.18. The van der Waals surface area contributed by atoms with Gasteiger partial charge in [-0.05, 0) is 56.7 Å². The fourth-order valence-electron chi connectivity index (χ4n) is 2.70. The molecular weight excluding hydrogens is 248 g/mol. The van der Waals surface area contributed by atoms with Crippen molar-refractivity contribution in [2.45, 2.75) is 65.2 Å². The molecule has 0 aromatic carbocycles. The van der Waals surface area contributed by atoms with Gasteiger partial charge < -0.3 is 10.1 Å². The Bertz CT molecular complexity index is 386. The van der Waals surface area contributed by atoms with Gasteiger partial charge in [0.15, 0.2) is 0 Å². The fourth-order valence-corrected chi connectivity index (χ4v) is 2.70. The van der Waals surface area contributed by atoms with Crippen LogP contribution in [0.15, 0.2) is 18.2 Å². The third kappa shape index (κ3) is 5.22. The number of hydrogen-bond acceptors (Lipinski definition) is 3. The lowest BCUT2D eigenvalue weighted by Gasteiger charge is -2.26. The second-order valence-corrected chi connectivity index (χ2v) is 5.99. The lowest BCUT2D eigenvalue weighted by molar-refractivity contribution is 0.00721. The van der Waals surface area contributed by atoms with Gasteiger partial charge in [0.1, 0.15) is 0 Å². The van der Waals surface area contributed by atoms with Crippen molar-refractivity contribution in [2.24, 2.45) is 5.92 Å². The largest absolute Gasteiger partial charge is 0.372 e. The van der Waals surface area contributed by atoms with Crippen LogP contribution in [0.1, 0.15) is 57.3 Å². The maximum Gasteiger partial charge on any atom is 0.0891 e. The Morgan fingerprint density at radius 2 is 1.95 bits per heavy atom. The summed E-state index contributed by atoms with van der Waals surface area (Å²) in [5.41, 5.74) is 2.16. The van der Waals surface area contributed by atoms with Crippen molar-refractivity contribution in [1.82, 2.24) is 10.3 Å². The van der Waals surface area contributed by atoms with Crippen LogP contribution in [0.25, 0.3) is 0 Å². The van der Waals surface area contributed by atoms with Crippen LogP contribution in [0.3, 0.4) is 0 Å². The number of nitrogens with one attached hydrogen (secondary N) is 1. The molecule has 112 valence electrons. The first-order valence-electron chi connectivity index (χ1n) is 8.05. The Morgan fingerprint density at radius 3 is 2.70 bits per heavy atom. The molecule has 0 amide bonds. The monoisotopic (exact) mass is 276 g/mol. The van der Waals surface area contributed by atoms with Gasteiger partial charge in [0.2, 0.25) is 0 Å². The first kappa shape index (κ1) is 15.5. The van der Waals surface area contributed by atoms with Gasteiger partial charge in [-0.3, -0.25) is 4.98 Å². The molecule has 1 aliphatic rings. The molecule has 3 heteroatoms. The van der Waals surface area contributed by atoms with Gasteiger partial charge in [-0.25, -0.2) is 0 Å². The van der Waals surface area contributed by atoms with E-state index in [2.05, 4.69) is 42.3 Å². The first-order valence-corrected chi connectivity index (χ1v) is 8.05. The average molecular weight is 276 g/mol. The van der Waals surface area contributed by atoms with Gasteiger partial charge in [-0.15, -0.1) is 0 Å². The highest BCUT2D eigenvalue weighted by atomic mass is 16.5. The third-order valence-corrected chi connectivity index (χ3v) is 4.03. The van der Waals surface area contributed by atoms with E-state index < -0.39 is 0 Å². The quantitative estimate of drug-likeness (QED) is 0.771. The van der Waals surface area contributed by atoms with Crippen molar-refractivity contribution >= 4 is 0 Å². The number of pyridine rings is 1. The second kappa shape index (κ2) is 8.38. The van der Waals surface area contributed by atoms with E-state index in [9.17, 15) is 0 Å². The zero-order chi connectivity index (χ0) is 14.2. The lowest BCUT2D eigenvalue weighted by Crippen LogP contribution is -2.20. The van der Waals surface area contributed by atoms with E-state index in [0.717, 1.165) is 36.8 Å². The summed E-state index contributed by atoms with van der Waals surface area (Å²) in [4.78, 5) is 4.66. The normalized spacial score (nSPS) is 22.9. The van der Waals surface area contributed by atoms with Crippen LogP contribution >= 0.6 is 0 Å². The maximum atomic E-state index is 6.02. The van der Waals surface area contributed by atoms with E-state index >= 15 is 0 Å². The lowest BCUT2D eigenvalue weighted by atomic mass is 9.89. The zero-order valence-electron chi connectivity index (χ0n) is 12.9.